The number of amides is 1. The third-order valence-corrected chi connectivity index (χ3v) is 6.55. The van der Waals surface area contributed by atoms with E-state index in [2.05, 4.69) is 31.5 Å². The molecule has 0 saturated heterocycles. The number of rotatable bonds is 6. The van der Waals surface area contributed by atoms with Crippen LogP contribution >= 0.6 is 0 Å². The summed E-state index contributed by atoms with van der Waals surface area (Å²) in [4.78, 5) is 19.9. The molecule has 38 heavy (non-hydrogen) atoms. The van der Waals surface area contributed by atoms with Crippen LogP contribution in [-0.4, -0.2) is 26.1 Å². The van der Waals surface area contributed by atoms with Crippen LogP contribution in [0.3, 0.4) is 0 Å². The second kappa shape index (κ2) is 9.48. The summed E-state index contributed by atoms with van der Waals surface area (Å²) in [5.74, 6) is -0.335. The molecular formula is C30H25FN6O. The first-order valence-corrected chi connectivity index (χ1v) is 12.4. The first-order valence-electron chi connectivity index (χ1n) is 12.4. The lowest BCUT2D eigenvalue weighted by Gasteiger charge is -2.10. The third-order valence-electron chi connectivity index (χ3n) is 6.55. The van der Waals surface area contributed by atoms with E-state index < -0.39 is 0 Å². The summed E-state index contributed by atoms with van der Waals surface area (Å²) in [6.45, 7) is 1.97. The number of benzene rings is 3. The Hall–Kier alpha value is -4.98. The van der Waals surface area contributed by atoms with Gasteiger partial charge in [0, 0.05) is 40.3 Å². The number of nitrogens with one attached hydrogen (secondary N) is 3. The van der Waals surface area contributed by atoms with E-state index in [9.17, 15) is 9.18 Å². The van der Waals surface area contributed by atoms with Crippen LogP contribution in [0, 0.1) is 5.82 Å². The van der Waals surface area contributed by atoms with E-state index >= 15 is 0 Å². The van der Waals surface area contributed by atoms with E-state index in [1.807, 2.05) is 43.3 Å². The highest BCUT2D eigenvalue weighted by Gasteiger charge is 2.15. The van der Waals surface area contributed by atoms with E-state index in [0.29, 0.717) is 17.8 Å². The van der Waals surface area contributed by atoms with Gasteiger partial charge in [-0.3, -0.25) is 14.9 Å². The van der Waals surface area contributed by atoms with Crippen LogP contribution in [0.25, 0.3) is 55.4 Å². The number of carbonyl (C=O) groups excluding carboxylic acids is 1. The van der Waals surface area contributed by atoms with Gasteiger partial charge in [0.1, 0.15) is 11.5 Å². The number of nitrogens with zero attached hydrogens (tertiary/aromatic N) is 2. The molecule has 188 valence electrons. The Morgan fingerprint density at radius 2 is 1.84 bits per heavy atom. The molecule has 0 unspecified atom stereocenters. The number of fused-ring (bicyclic) bond motifs is 2. The van der Waals surface area contributed by atoms with Gasteiger partial charge >= 0.3 is 0 Å². The zero-order valence-electron chi connectivity index (χ0n) is 20.7. The number of pyridine rings is 1. The topological polar surface area (TPSA) is 112 Å². The number of nitrogens with two attached hydrogens (primary N) is 1. The van der Waals surface area contributed by atoms with Crippen molar-refractivity contribution < 1.29 is 9.18 Å². The van der Waals surface area contributed by atoms with Gasteiger partial charge in [0.2, 0.25) is 5.91 Å². The fourth-order valence-corrected chi connectivity index (χ4v) is 4.80. The van der Waals surface area contributed by atoms with Crippen molar-refractivity contribution in [2.45, 2.75) is 19.8 Å². The van der Waals surface area contributed by atoms with E-state index in [0.717, 1.165) is 61.9 Å². The average Bonchev–Trinajstić information content (AvgIpc) is 3.52. The second-order valence-corrected chi connectivity index (χ2v) is 9.32. The van der Waals surface area contributed by atoms with Gasteiger partial charge in [-0.25, -0.2) is 4.39 Å². The standard InChI is InChI=1S/C30H25FN6O/c1-2-4-29(38)34-22-11-19(10-21(32)13-22)17-7-8-26-24(12-17)30(37-36-26)27-14-23-25(15-33-16-28(23)35-27)18-5-3-6-20(31)9-18/h3,5-16,35H,2,4,32H2,1H3,(H,34,38)(H,36,37). The van der Waals surface area contributed by atoms with Crippen molar-refractivity contribution in [2.24, 2.45) is 0 Å². The van der Waals surface area contributed by atoms with Crippen molar-refractivity contribution in [1.82, 2.24) is 20.2 Å². The molecule has 6 aromatic rings. The van der Waals surface area contributed by atoms with Gasteiger partial charge in [0.25, 0.3) is 0 Å². The predicted molar refractivity (Wildman–Crippen MR) is 150 cm³/mol. The number of carbonyl (C=O) groups is 1. The number of H-pyrrole nitrogens is 2. The third kappa shape index (κ3) is 4.37. The maximum atomic E-state index is 13.9. The Labute approximate surface area is 217 Å². The van der Waals surface area contributed by atoms with E-state index in [4.69, 9.17) is 5.73 Å². The summed E-state index contributed by atoms with van der Waals surface area (Å²) in [7, 11) is 0. The van der Waals surface area contributed by atoms with Crippen molar-refractivity contribution in [1.29, 1.82) is 0 Å². The van der Waals surface area contributed by atoms with E-state index in [-0.39, 0.29) is 11.7 Å². The number of nitrogen functional groups attached to an aromatic ring is 1. The van der Waals surface area contributed by atoms with Gasteiger partial charge in [-0.1, -0.05) is 25.1 Å². The number of anilines is 2. The molecule has 0 aliphatic rings. The number of hydrogen-bond acceptors (Lipinski definition) is 4. The minimum Gasteiger partial charge on any atom is -0.399 e. The summed E-state index contributed by atoms with van der Waals surface area (Å²) in [6, 6.07) is 20.1. The molecule has 0 radical (unpaired) electrons. The number of aromatic amines is 2. The monoisotopic (exact) mass is 504 g/mol. The molecule has 3 heterocycles. The Bertz CT molecular complexity index is 1820. The largest absolute Gasteiger partial charge is 0.399 e. The molecule has 0 aliphatic carbocycles. The molecule has 0 spiro atoms. The molecule has 1 amide bonds. The Balaban J connectivity index is 1.42. The molecule has 0 atom stereocenters. The Morgan fingerprint density at radius 3 is 2.68 bits per heavy atom. The fourth-order valence-electron chi connectivity index (χ4n) is 4.80. The van der Waals surface area contributed by atoms with Crippen LogP contribution in [0.15, 0.2) is 79.1 Å². The van der Waals surface area contributed by atoms with Gasteiger partial charge in [0.15, 0.2) is 0 Å². The van der Waals surface area contributed by atoms with Crippen LogP contribution < -0.4 is 11.1 Å². The quantitative estimate of drug-likeness (QED) is 0.185. The van der Waals surface area contributed by atoms with Crippen molar-refractivity contribution in [3.63, 3.8) is 0 Å². The van der Waals surface area contributed by atoms with Gasteiger partial charge in [-0.2, -0.15) is 5.10 Å². The highest BCUT2D eigenvalue weighted by Crippen LogP contribution is 2.35. The SMILES string of the molecule is CCCC(=O)Nc1cc(N)cc(-c2ccc3[nH]nc(-c4cc5c(-c6cccc(F)c6)cncc5[nH]4)c3c2)c1. The molecule has 3 aromatic heterocycles. The normalized spacial score (nSPS) is 11.3. The van der Waals surface area contributed by atoms with Crippen LogP contribution in [0.5, 0.6) is 0 Å². The lowest BCUT2D eigenvalue weighted by Crippen LogP contribution is -2.10. The summed E-state index contributed by atoms with van der Waals surface area (Å²) in [5.41, 5.74) is 14.1. The number of aromatic nitrogens is 4. The van der Waals surface area contributed by atoms with E-state index in [1.165, 1.54) is 12.1 Å². The zero-order chi connectivity index (χ0) is 26.2. The summed E-state index contributed by atoms with van der Waals surface area (Å²) in [6.07, 6.45) is 4.72. The van der Waals surface area contributed by atoms with Crippen molar-refractivity contribution >= 4 is 39.1 Å². The molecule has 0 aliphatic heterocycles. The lowest BCUT2D eigenvalue weighted by molar-refractivity contribution is -0.116. The first-order chi connectivity index (χ1) is 18.5. The smallest absolute Gasteiger partial charge is 0.224 e. The molecule has 0 saturated carbocycles. The van der Waals surface area contributed by atoms with Gasteiger partial charge in [-0.05, 0) is 71.6 Å². The van der Waals surface area contributed by atoms with Crippen molar-refractivity contribution in [3.05, 3.63) is 84.9 Å². The zero-order valence-corrected chi connectivity index (χ0v) is 20.7. The summed E-state index contributed by atoms with van der Waals surface area (Å²) < 4.78 is 13.9. The average molecular weight is 505 g/mol. The fraction of sp³-hybridized carbons (Fsp3) is 0.100. The Morgan fingerprint density at radius 1 is 0.947 bits per heavy atom. The van der Waals surface area contributed by atoms with Crippen LogP contribution in [0.4, 0.5) is 15.8 Å². The minimum atomic E-state index is -0.296. The molecule has 0 fully saturated rings. The highest BCUT2D eigenvalue weighted by atomic mass is 19.1. The molecule has 5 N–H and O–H groups in total. The van der Waals surface area contributed by atoms with Crippen molar-refractivity contribution in [2.75, 3.05) is 11.1 Å². The highest BCUT2D eigenvalue weighted by molar-refractivity contribution is 6.01. The molecular weight excluding hydrogens is 479 g/mol. The first kappa shape index (κ1) is 23.4. The molecule has 7 nitrogen and oxygen atoms in total. The molecule has 8 heteroatoms. The van der Waals surface area contributed by atoms with Crippen LogP contribution in [0.2, 0.25) is 0 Å². The molecule has 3 aromatic carbocycles. The number of hydrogen-bond donors (Lipinski definition) is 4. The van der Waals surface area contributed by atoms with Gasteiger partial charge in [-0.15, -0.1) is 0 Å². The summed E-state index contributed by atoms with van der Waals surface area (Å²) >= 11 is 0. The minimum absolute atomic E-state index is 0.0393. The maximum Gasteiger partial charge on any atom is 0.224 e. The van der Waals surface area contributed by atoms with Gasteiger partial charge < -0.3 is 16.0 Å². The molecule has 0 bridgehead atoms. The number of halogens is 1. The van der Waals surface area contributed by atoms with Crippen molar-refractivity contribution in [3.8, 4) is 33.6 Å². The van der Waals surface area contributed by atoms with Gasteiger partial charge in [0.05, 0.1) is 22.9 Å². The predicted octanol–water partition coefficient (Wildman–Crippen LogP) is 6.90. The lowest BCUT2D eigenvalue weighted by atomic mass is 10.0. The maximum absolute atomic E-state index is 13.9. The van der Waals surface area contributed by atoms with E-state index in [1.54, 1.807) is 24.5 Å². The van der Waals surface area contributed by atoms with Crippen LogP contribution in [-0.2, 0) is 4.79 Å². The van der Waals surface area contributed by atoms with Crippen LogP contribution in [0.1, 0.15) is 19.8 Å². The summed E-state index contributed by atoms with van der Waals surface area (Å²) in [5, 5.41) is 12.5. The molecule has 6 rings (SSSR count). The Kier molecular flexibility index (Phi) is 5.84. The second-order valence-electron chi connectivity index (χ2n) is 9.32.